The van der Waals surface area contributed by atoms with Crippen molar-refractivity contribution in [2.24, 2.45) is 4.99 Å². The first-order valence-electron chi connectivity index (χ1n) is 9.50. The van der Waals surface area contributed by atoms with E-state index in [2.05, 4.69) is 35.5 Å². The Bertz CT molecular complexity index is 1120. The van der Waals surface area contributed by atoms with Gasteiger partial charge in [0.25, 0.3) is 0 Å². The Morgan fingerprint density at radius 3 is 2.61 bits per heavy atom. The Labute approximate surface area is 164 Å². The van der Waals surface area contributed by atoms with Crippen molar-refractivity contribution in [2.45, 2.75) is 32.7 Å². The first-order valence-corrected chi connectivity index (χ1v) is 11.8. The molecule has 0 radical (unpaired) electrons. The molecule has 2 aromatic carbocycles. The van der Waals surface area contributed by atoms with Gasteiger partial charge in [-0.05, 0) is 65.4 Å². The van der Waals surface area contributed by atoms with E-state index in [1.54, 1.807) is 12.1 Å². The van der Waals surface area contributed by atoms with Crippen LogP contribution >= 0.6 is 7.37 Å². The summed E-state index contributed by atoms with van der Waals surface area (Å²) in [5.41, 5.74) is 6.39. The summed E-state index contributed by atoms with van der Waals surface area (Å²) in [6.07, 6.45) is 2.66. The number of rotatable bonds is 5. The summed E-state index contributed by atoms with van der Waals surface area (Å²) in [5.74, 6) is -0.0716. The molecule has 146 valence electrons. The minimum atomic E-state index is -3.13. The highest BCUT2D eigenvalue weighted by molar-refractivity contribution is 7.57. The van der Waals surface area contributed by atoms with Gasteiger partial charge in [-0.25, -0.2) is 4.39 Å². The standard InChI is InChI=1S/C22H24FN2O2P/c1-14(2)22-19(8-9-28(3,26)27)20-10-15-12-24-13-16(15)11-21(20)25(22)18-6-4-17(23)5-7-18/h4-7,10-11,13-14H,8-9,12H2,1-3H3,(H,26,27). The van der Waals surface area contributed by atoms with Crippen molar-refractivity contribution in [3.63, 3.8) is 0 Å². The Hall–Kier alpha value is -2.23. The van der Waals surface area contributed by atoms with Gasteiger partial charge in [0.2, 0.25) is 0 Å². The SMILES string of the molecule is CC(C)c1c(CCP(C)(=O)O)c2cc3c(cc2n1-c1ccc(F)cc1)C=NC3. The molecule has 0 saturated heterocycles. The second-order valence-electron chi connectivity index (χ2n) is 7.89. The van der Waals surface area contributed by atoms with E-state index in [0.717, 1.165) is 33.4 Å². The second-order valence-corrected chi connectivity index (χ2v) is 10.4. The van der Waals surface area contributed by atoms with E-state index < -0.39 is 7.37 Å². The van der Waals surface area contributed by atoms with Crippen LogP contribution in [0.15, 0.2) is 41.4 Å². The van der Waals surface area contributed by atoms with Gasteiger partial charge in [0.1, 0.15) is 5.82 Å². The van der Waals surface area contributed by atoms with E-state index in [0.29, 0.717) is 13.0 Å². The van der Waals surface area contributed by atoms with Crippen LogP contribution < -0.4 is 0 Å². The van der Waals surface area contributed by atoms with Gasteiger partial charge in [-0.15, -0.1) is 0 Å². The fraction of sp³-hybridized carbons (Fsp3) is 0.318. The van der Waals surface area contributed by atoms with Crippen LogP contribution in [-0.4, -0.2) is 28.5 Å². The first-order chi connectivity index (χ1) is 13.2. The van der Waals surface area contributed by atoms with Gasteiger partial charge in [-0.2, -0.15) is 0 Å². The molecule has 1 aliphatic heterocycles. The van der Waals surface area contributed by atoms with Gasteiger partial charge in [0.05, 0.1) is 12.1 Å². The lowest BCUT2D eigenvalue weighted by Crippen LogP contribution is -2.05. The highest BCUT2D eigenvalue weighted by Crippen LogP contribution is 2.41. The first kappa shape index (κ1) is 19.1. The highest BCUT2D eigenvalue weighted by atomic mass is 31.2. The van der Waals surface area contributed by atoms with Crippen molar-refractivity contribution in [3.05, 3.63) is 64.6 Å². The molecular weight excluding hydrogens is 374 g/mol. The molecule has 0 fully saturated rings. The molecule has 0 spiro atoms. The average Bonchev–Trinajstić information content (AvgIpc) is 3.19. The van der Waals surface area contributed by atoms with Crippen LogP contribution in [0.1, 0.15) is 42.1 Å². The zero-order valence-electron chi connectivity index (χ0n) is 16.3. The molecule has 2 heterocycles. The van der Waals surface area contributed by atoms with E-state index >= 15 is 0 Å². The molecule has 0 saturated carbocycles. The number of aromatic nitrogens is 1. The smallest absolute Gasteiger partial charge is 0.198 e. The summed E-state index contributed by atoms with van der Waals surface area (Å²) < 4.78 is 27.7. The minimum absolute atomic E-state index is 0.200. The number of benzene rings is 2. The van der Waals surface area contributed by atoms with E-state index in [-0.39, 0.29) is 17.9 Å². The molecular formula is C22H24FN2O2P. The Morgan fingerprint density at radius 2 is 1.96 bits per heavy atom. The van der Waals surface area contributed by atoms with Gasteiger partial charge in [-0.1, -0.05) is 13.8 Å². The van der Waals surface area contributed by atoms with Gasteiger partial charge in [0.15, 0.2) is 7.37 Å². The van der Waals surface area contributed by atoms with E-state index in [4.69, 9.17) is 0 Å². The van der Waals surface area contributed by atoms with Crippen molar-refractivity contribution in [1.82, 2.24) is 4.57 Å². The molecule has 1 N–H and O–H groups in total. The summed E-state index contributed by atoms with van der Waals surface area (Å²) in [5, 5.41) is 1.09. The van der Waals surface area contributed by atoms with Gasteiger partial charge in [0, 0.05) is 35.8 Å². The van der Waals surface area contributed by atoms with Crippen LogP contribution in [0, 0.1) is 5.82 Å². The third-order valence-electron chi connectivity index (χ3n) is 5.27. The van der Waals surface area contributed by atoms with Crippen molar-refractivity contribution in [3.8, 4) is 5.69 Å². The van der Waals surface area contributed by atoms with Crippen LogP contribution in [-0.2, 0) is 17.5 Å². The maximum absolute atomic E-state index is 13.5. The second kappa shape index (κ2) is 6.98. The topological polar surface area (TPSA) is 54.6 Å². The van der Waals surface area contributed by atoms with Crippen LogP contribution in [0.4, 0.5) is 4.39 Å². The Balaban J connectivity index is 2.02. The molecule has 1 unspecified atom stereocenters. The lowest BCUT2D eigenvalue weighted by molar-refractivity contribution is 0.484. The predicted octanol–water partition coefficient (Wildman–Crippen LogP) is 5.27. The normalized spacial score (nSPS) is 15.4. The van der Waals surface area contributed by atoms with E-state index in [1.165, 1.54) is 24.4 Å². The zero-order valence-corrected chi connectivity index (χ0v) is 17.2. The van der Waals surface area contributed by atoms with Crippen molar-refractivity contribution < 1.29 is 13.8 Å². The van der Waals surface area contributed by atoms with Crippen LogP contribution in [0.3, 0.4) is 0 Å². The lowest BCUT2D eigenvalue weighted by atomic mass is 9.99. The van der Waals surface area contributed by atoms with Crippen molar-refractivity contribution in [2.75, 3.05) is 12.8 Å². The number of halogens is 1. The number of fused-ring (bicyclic) bond motifs is 2. The molecule has 4 rings (SSSR count). The molecule has 0 amide bonds. The van der Waals surface area contributed by atoms with Gasteiger partial charge >= 0.3 is 0 Å². The number of aryl methyl sites for hydroxylation is 1. The summed E-state index contributed by atoms with van der Waals surface area (Å²) in [4.78, 5) is 14.2. The van der Waals surface area contributed by atoms with Crippen molar-refractivity contribution >= 4 is 24.5 Å². The number of hydrogen-bond donors (Lipinski definition) is 1. The summed E-state index contributed by atoms with van der Waals surface area (Å²) >= 11 is 0. The molecule has 4 nitrogen and oxygen atoms in total. The van der Waals surface area contributed by atoms with E-state index in [1.807, 2.05) is 6.21 Å². The Kier molecular flexibility index (Phi) is 4.76. The third kappa shape index (κ3) is 3.45. The lowest BCUT2D eigenvalue weighted by Gasteiger charge is -2.16. The van der Waals surface area contributed by atoms with Gasteiger partial charge < -0.3 is 9.46 Å². The molecule has 1 atom stereocenters. The number of aliphatic imine (C=N–C) groups is 1. The maximum Gasteiger partial charge on any atom is 0.198 e. The monoisotopic (exact) mass is 398 g/mol. The number of hydrogen-bond acceptors (Lipinski definition) is 2. The number of nitrogens with zero attached hydrogens (tertiary/aromatic N) is 2. The predicted molar refractivity (Wildman–Crippen MR) is 113 cm³/mol. The van der Waals surface area contributed by atoms with Crippen LogP contribution in [0.5, 0.6) is 0 Å². The Morgan fingerprint density at radius 1 is 1.25 bits per heavy atom. The highest BCUT2D eigenvalue weighted by Gasteiger charge is 2.24. The maximum atomic E-state index is 13.5. The van der Waals surface area contributed by atoms with Gasteiger partial charge in [-0.3, -0.25) is 9.56 Å². The molecule has 3 aromatic rings. The average molecular weight is 398 g/mol. The van der Waals surface area contributed by atoms with Crippen molar-refractivity contribution in [1.29, 1.82) is 0 Å². The minimum Gasteiger partial charge on any atom is -0.344 e. The molecule has 28 heavy (non-hydrogen) atoms. The third-order valence-corrected chi connectivity index (χ3v) is 6.33. The van der Waals surface area contributed by atoms with E-state index in [9.17, 15) is 13.8 Å². The van der Waals surface area contributed by atoms with Crippen LogP contribution in [0.2, 0.25) is 0 Å². The summed E-state index contributed by atoms with van der Waals surface area (Å²) in [7, 11) is -3.13. The zero-order chi connectivity index (χ0) is 20.1. The fourth-order valence-corrected chi connectivity index (χ4v) is 4.67. The summed E-state index contributed by atoms with van der Waals surface area (Å²) in [6.45, 7) is 6.32. The summed E-state index contributed by atoms with van der Waals surface area (Å²) in [6, 6.07) is 10.8. The van der Waals surface area contributed by atoms with Crippen LogP contribution in [0.25, 0.3) is 16.6 Å². The molecule has 6 heteroatoms. The molecule has 1 aliphatic rings. The fourth-order valence-electron chi connectivity index (χ4n) is 4.04. The quantitative estimate of drug-likeness (QED) is 0.596. The largest absolute Gasteiger partial charge is 0.344 e. The molecule has 1 aromatic heterocycles. The molecule has 0 bridgehead atoms. The molecule has 0 aliphatic carbocycles.